The van der Waals surface area contributed by atoms with E-state index < -0.39 is 19.1 Å². The molecule has 1 aliphatic heterocycles. The van der Waals surface area contributed by atoms with Gasteiger partial charge in [0.1, 0.15) is 6.04 Å². The Hall–Kier alpha value is -0.625. The van der Waals surface area contributed by atoms with E-state index >= 15 is 0 Å². The molecule has 16 heavy (non-hydrogen) atoms. The van der Waals surface area contributed by atoms with Crippen molar-refractivity contribution in [3.8, 4) is 0 Å². The number of aliphatic carboxylic acids is 1. The van der Waals surface area contributed by atoms with Crippen molar-refractivity contribution in [3.63, 3.8) is 0 Å². The molecule has 2 atom stereocenters. The standard InChI is InChI=1S/C5H10N2O2.C4H11BO2/c6-3-1-4(5(8)9)7-2-3;1-2-3-4-5(6)7/h3-4,7H,1-2,6H2,(H,8,9);6-7H,2-4H2,1H3/t3?,4-;/m1./s1. The van der Waals surface area contributed by atoms with Crippen molar-refractivity contribution >= 4 is 13.1 Å². The van der Waals surface area contributed by atoms with Crippen molar-refractivity contribution in [1.29, 1.82) is 0 Å². The van der Waals surface area contributed by atoms with Gasteiger partial charge in [-0.2, -0.15) is 0 Å². The van der Waals surface area contributed by atoms with Crippen molar-refractivity contribution in [2.75, 3.05) is 6.54 Å². The minimum atomic E-state index is -1.10. The van der Waals surface area contributed by atoms with Crippen molar-refractivity contribution in [2.24, 2.45) is 5.73 Å². The summed E-state index contributed by atoms with van der Waals surface area (Å²) in [6, 6.07) is -0.397. The lowest BCUT2D eigenvalue weighted by Crippen LogP contribution is -2.30. The number of hydrogen-bond acceptors (Lipinski definition) is 5. The number of nitrogens with two attached hydrogens (primary N) is 1. The summed E-state index contributed by atoms with van der Waals surface area (Å²) in [4.78, 5) is 10.2. The predicted molar refractivity (Wildman–Crippen MR) is 61.9 cm³/mol. The largest absolute Gasteiger partial charge is 0.480 e. The van der Waals surface area contributed by atoms with Gasteiger partial charge in [0.15, 0.2) is 0 Å². The third-order valence-corrected chi connectivity index (χ3v) is 2.28. The third kappa shape index (κ3) is 7.64. The molecule has 0 aromatic carbocycles. The lowest BCUT2D eigenvalue weighted by Gasteiger charge is -2.00. The van der Waals surface area contributed by atoms with Crippen LogP contribution in [0.1, 0.15) is 26.2 Å². The summed E-state index contributed by atoms with van der Waals surface area (Å²) in [6.45, 7) is 2.64. The molecule has 6 nitrogen and oxygen atoms in total. The SMILES string of the molecule is CCCCB(O)O.NC1CN[C@@H](C(=O)O)C1. The molecule has 1 heterocycles. The Morgan fingerprint density at radius 2 is 2.19 bits per heavy atom. The minimum Gasteiger partial charge on any atom is -0.480 e. The zero-order valence-corrected chi connectivity index (χ0v) is 9.59. The normalized spacial score (nSPS) is 23.5. The van der Waals surface area contributed by atoms with Gasteiger partial charge in [-0.25, -0.2) is 0 Å². The molecule has 0 spiro atoms. The lowest BCUT2D eigenvalue weighted by atomic mass is 9.84. The van der Waals surface area contributed by atoms with E-state index in [0.29, 0.717) is 19.3 Å². The van der Waals surface area contributed by atoms with Gasteiger partial charge in [0.25, 0.3) is 0 Å². The summed E-state index contributed by atoms with van der Waals surface area (Å²) in [5.41, 5.74) is 5.44. The molecule has 0 aliphatic carbocycles. The van der Waals surface area contributed by atoms with Crippen LogP contribution in [0.25, 0.3) is 0 Å². The van der Waals surface area contributed by atoms with Crippen LogP contribution in [0.15, 0.2) is 0 Å². The monoisotopic (exact) mass is 232 g/mol. The topological polar surface area (TPSA) is 116 Å². The Morgan fingerprint density at radius 3 is 2.38 bits per heavy atom. The first-order valence-electron chi connectivity index (χ1n) is 5.55. The van der Waals surface area contributed by atoms with Gasteiger partial charge in [0, 0.05) is 12.6 Å². The lowest BCUT2D eigenvalue weighted by molar-refractivity contribution is -0.139. The van der Waals surface area contributed by atoms with E-state index in [1.165, 1.54) is 0 Å². The molecular weight excluding hydrogens is 211 g/mol. The highest BCUT2D eigenvalue weighted by Crippen LogP contribution is 2.03. The molecule has 0 aromatic heterocycles. The van der Waals surface area contributed by atoms with Gasteiger partial charge in [-0.05, 0) is 12.7 Å². The zero-order valence-electron chi connectivity index (χ0n) is 9.59. The molecule has 7 heteroatoms. The van der Waals surface area contributed by atoms with E-state index in [0.717, 1.165) is 12.8 Å². The fourth-order valence-corrected chi connectivity index (χ4v) is 1.34. The van der Waals surface area contributed by atoms with Gasteiger partial charge in [0.2, 0.25) is 0 Å². The average Bonchev–Trinajstić information content (AvgIpc) is 2.63. The number of carbonyl (C=O) groups is 1. The van der Waals surface area contributed by atoms with Crippen molar-refractivity contribution in [1.82, 2.24) is 5.32 Å². The molecule has 0 aromatic rings. The first kappa shape index (κ1) is 15.4. The average molecular weight is 232 g/mol. The first-order valence-corrected chi connectivity index (χ1v) is 5.55. The predicted octanol–water partition coefficient (Wildman–Crippen LogP) is -0.980. The highest BCUT2D eigenvalue weighted by Gasteiger charge is 2.26. The number of rotatable bonds is 4. The molecule has 0 bridgehead atoms. The van der Waals surface area contributed by atoms with Crippen LogP contribution >= 0.6 is 0 Å². The van der Waals surface area contributed by atoms with E-state index in [4.69, 9.17) is 20.9 Å². The Kier molecular flexibility index (Phi) is 8.19. The molecule has 0 saturated carbocycles. The summed E-state index contributed by atoms with van der Waals surface area (Å²) in [7, 11) is -1.10. The second-order valence-electron chi connectivity index (χ2n) is 3.92. The Labute approximate surface area is 96.0 Å². The van der Waals surface area contributed by atoms with Crippen LogP contribution in [0, 0.1) is 0 Å². The van der Waals surface area contributed by atoms with Crippen molar-refractivity contribution in [2.45, 2.75) is 44.6 Å². The zero-order chi connectivity index (χ0) is 12.6. The molecule has 1 saturated heterocycles. The fourth-order valence-electron chi connectivity index (χ4n) is 1.34. The number of carboxylic acid groups (broad SMARTS) is 1. The Morgan fingerprint density at radius 1 is 1.56 bits per heavy atom. The smallest absolute Gasteiger partial charge is 0.451 e. The number of carboxylic acids is 1. The summed E-state index contributed by atoms with van der Waals surface area (Å²) in [5, 5.41) is 27.7. The third-order valence-electron chi connectivity index (χ3n) is 2.28. The van der Waals surface area contributed by atoms with Gasteiger partial charge in [0.05, 0.1) is 0 Å². The van der Waals surface area contributed by atoms with Crippen LogP contribution < -0.4 is 11.1 Å². The maximum Gasteiger partial charge on any atom is 0.451 e. The van der Waals surface area contributed by atoms with Crippen LogP contribution in [0.2, 0.25) is 6.32 Å². The number of hydrogen-bond donors (Lipinski definition) is 5. The van der Waals surface area contributed by atoms with Crippen LogP contribution in [-0.4, -0.2) is 46.9 Å². The van der Waals surface area contributed by atoms with Crippen LogP contribution in [0.3, 0.4) is 0 Å². The highest BCUT2D eigenvalue weighted by molar-refractivity contribution is 6.40. The second-order valence-corrected chi connectivity index (χ2v) is 3.92. The van der Waals surface area contributed by atoms with E-state index in [1.54, 1.807) is 0 Å². The van der Waals surface area contributed by atoms with E-state index in [-0.39, 0.29) is 6.04 Å². The Bertz CT molecular complexity index is 204. The van der Waals surface area contributed by atoms with Gasteiger partial charge in [-0.1, -0.05) is 19.8 Å². The second kappa shape index (κ2) is 8.52. The molecule has 1 unspecified atom stereocenters. The van der Waals surface area contributed by atoms with Crippen LogP contribution in [0.4, 0.5) is 0 Å². The summed E-state index contributed by atoms with van der Waals surface area (Å²) >= 11 is 0. The summed E-state index contributed by atoms with van der Waals surface area (Å²) in [6.07, 6.45) is 2.99. The summed E-state index contributed by atoms with van der Waals surface area (Å²) < 4.78 is 0. The number of unbranched alkanes of at least 4 members (excludes halogenated alkanes) is 1. The summed E-state index contributed by atoms with van der Waals surface area (Å²) in [5.74, 6) is -0.803. The van der Waals surface area contributed by atoms with Gasteiger partial charge < -0.3 is 26.2 Å². The first-order chi connectivity index (χ1) is 7.47. The van der Waals surface area contributed by atoms with Crippen LogP contribution in [0.5, 0.6) is 0 Å². The Balaban J connectivity index is 0.000000293. The molecule has 0 radical (unpaired) electrons. The van der Waals surface area contributed by atoms with Gasteiger partial charge in [-0.3, -0.25) is 4.79 Å². The highest BCUT2D eigenvalue weighted by atomic mass is 16.4. The molecule has 6 N–H and O–H groups in total. The molecule has 1 aliphatic rings. The van der Waals surface area contributed by atoms with Gasteiger partial charge >= 0.3 is 13.1 Å². The van der Waals surface area contributed by atoms with Crippen molar-refractivity contribution < 1.29 is 19.9 Å². The molecule has 94 valence electrons. The maximum atomic E-state index is 10.2. The number of nitrogens with one attached hydrogen (secondary N) is 1. The van der Waals surface area contributed by atoms with Crippen molar-refractivity contribution in [3.05, 3.63) is 0 Å². The maximum absolute atomic E-state index is 10.2. The molecular formula is C9H21BN2O4. The van der Waals surface area contributed by atoms with E-state index in [2.05, 4.69) is 5.32 Å². The molecule has 0 amide bonds. The minimum absolute atomic E-state index is 0.0195. The molecule has 1 rings (SSSR count). The fraction of sp³-hybridized carbons (Fsp3) is 0.889. The van der Waals surface area contributed by atoms with Gasteiger partial charge in [-0.15, -0.1) is 0 Å². The molecule has 1 fully saturated rings. The quantitative estimate of drug-likeness (QED) is 0.398. The van der Waals surface area contributed by atoms with Crippen LogP contribution in [-0.2, 0) is 4.79 Å². The van der Waals surface area contributed by atoms with E-state index in [1.807, 2.05) is 6.92 Å². The van der Waals surface area contributed by atoms with E-state index in [9.17, 15) is 4.79 Å².